The highest BCUT2D eigenvalue weighted by molar-refractivity contribution is 5.92. The fourth-order valence-corrected chi connectivity index (χ4v) is 2.88. The van der Waals surface area contributed by atoms with Crippen molar-refractivity contribution in [1.29, 1.82) is 0 Å². The van der Waals surface area contributed by atoms with Gasteiger partial charge in [-0.3, -0.25) is 14.4 Å². The number of carbonyl (C=O) groups excluding carboxylic acids is 1. The molecular formula is C15H25N9O. The number of rotatable bonds is 7. The number of nitrogens with zero attached hydrogens (tertiary/aromatic N) is 7. The summed E-state index contributed by atoms with van der Waals surface area (Å²) in [4.78, 5) is 18.9. The maximum atomic E-state index is 12.4. The Labute approximate surface area is 146 Å². The fourth-order valence-electron chi connectivity index (χ4n) is 2.88. The normalized spacial score (nSPS) is 16.7. The van der Waals surface area contributed by atoms with Crippen molar-refractivity contribution >= 4 is 5.91 Å². The highest BCUT2D eigenvalue weighted by Crippen LogP contribution is 2.09. The molecule has 1 atom stereocenters. The van der Waals surface area contributed by atoms with E-state index in [4.69, 9.17) is 0 Å². The summed E-state index contributed by atoms with van der Waals surface area (Å²) in [5.74, 6) is 0.466. The number of amides is 1. The van der Waals surface area contributed by atoms with Crippen LogP contribution in [0.15, 0.2) is 12.5 Å². The van der Waals surface area contributed by atoms with Crippen LogP contribution in [0.4, 0.5) is 0 Å². The van der Waals surface area contributed by atoms with E-state index in [1.165, 1.54) is 6.33 Å². The average molecular weight is 347 g/mol. The maximum absolute atomic E-state index is 12.4. The Balaban J connectivity index is 1.53. The minimum Gasteiger partial charge on any atom is -0.341 e. The largest absolute Gasteiger partial charge is 0.341 e. The number of hydrogen-bond acceptors (Lipinski definition) is 7. The first-order valence-corrected chi connectivity index (χ1v) is 8.69. The molecule has 2 N–H and O–H groups in total. The van der Waals surface area contributed by atoms with Gasteiger partial charge in [0, 0.05) is 39.3 Å². The minimum absolute atomic E-state index is 0.249. The maximum Gasteiger partial charge on any atom is 0.274 e. The first kappa shape index (κ1) is 17.5. The van der Waals surface area contributed by atoms with Crippen LogP contribution in [-0.2, 0) is 13.1 Å². The van der Waals surface area contributed by atoms with E-state index in [-0.39, 0.29) is 11.9 Å². The molecule has 0 bridgehead atoms. The van der Waals surface area contributed by atoms with Crippen LogP contribution >= 0.6 is 0 Å². The molecule has 1 aliphatic rings. The first-order chi connectivity index (χ1) is 12.2. The second kappa shape index (κ2) is 8.17. The predicted octanol–water partition coefficient (Wildman–Crippen LogP) is -0.714. The standard InChI is InChI=1S/C15H25N9O/c1-3-24-14(17-11-18-24)12(2)19-15(25)13-10-23(21-20-13)9-8-22-6-4-16-5-7-22/h10-12,16H,3-9H2,1-2H3,(H,19,25). The number of hydrogen-bond donors (Lipinski definition) is 2. The predicted molar refractivity (Wildman–Crippen MR) is 90.9 cm³/mol. The lowest BCUT2D eigenvalue weighted by Gasteiger charge is -2.26. The lowest BCUT2D eigenvalue weighted by Crippen LogP contribution is -2.44. The molecule has 1 saturated heterocycles. The molecule has 25 heavy (non-hydrogen) atoms. The Morgan fingerprint density at radius 2 is 2.16 bits per heavy atom. The van der Waals surface area contributed by atoms with E-state index in [2.05, 4.69) is 35.9 Å². The van der Waals surface area contributed by atoms with Gasteiger partial charge in [0.05, 0.1) is 18.8 Å². The Bertz CT molecular complexity index is 689. The van der Waals surface area contributed by atoms with Crippen LogP contribution in [0.5, 0.6) is 0 Å². The summed E-state index contributed by atoms with van der Waals surface area (Å²) in [6, 6.07) is -0.249. The van der Waals surface area contributed by atoms with E-state index in [9.17, 15) is 4.79 Å². The molecule has 3 heterocycles. The molecule has 0 aliphatic carbocycles. The van der Waals surface area contributed by atoms with Crippen LogP contribution < -0.4 is 10.6 Å². The third-order valence-electron chi connectivity index (χ3n) is 4.31. The van der Waals surface area contributed by atoms with Crippen molar-refractivity contribution in [3.8, 4) is 0 Å². The zero-order valence-corrected chi connectivity index (χ0v) is 14.7. The number of aromatic nitrogens is 6. The molecule has 0 radical (unpaired) electrons. The van der Waals surface area contributed by atoms with Crippen LogP contribution in [0.1, 0.15) is 36.2 Å². The summed E-state index contributed by atoms with van der Waals surface area (Å²) in [6.45, 7) is 10.3. The van der Waals surface area contributed by atoms with E-state index >= 15 is 0 Å². The van der Waals surface area contributed by atoms with Gasteiger partial charge in [-0.05, 0) is 13.8 Å². The molecule has 3 rings (SSSR count). The van der Waals surface area contributed by atoms with Gasteiger partial charge in [0.15, 0.2) is 5.69 Å². The highest BCUT2D eigenvalue weighted by Gasteiger charge is 2.18. The summed E-state index contributed by atoms with van der Waals surface area (Å²) in [6.07, 6.45) is 3.18. The third kappa shape index (κ3) is 4.40. The number of nitrogens with one attached hydrogen (secondary N) is 2. The van der Waals surface area contributed by atoms with Gasteiger partial charge in [0.2, 0.25) is 0 Å². The molecule has 2 aromatic heterocycles. The highest BCUT2D eigenvalue weighted by atomic mass is 16.2. The average Bonchev–Trinajstić information content (AvgIpc) is 3.30. The first-order valence-electron chi connectivity index (χ1n) is 8.69. The smallest absolute Gasteiger partial charge is 0.274 e. The SMILES string of the molecule is CCn1ncnc1C(C)NC(=O)c1cn(CCN2CCNCC2)nn1. The summed E-state index contributed by atoms with van der Waals surface area (Å²) in [7, 11) is 0. The molecular weight excluding hydrogens is 322 g/mol. The zero-order valence-electron chi connectivity index (χ0n) is 14.7. The lowest BCUT2D eigenvalue weighted by atomic mass is 10.3. The van der Waals surface area contributed by atoms with Crippen molar-refractivity contribution in [2.24, 2.45) is 0 Å². The van der Waals surface area contributed by atoms with Gasteiger partial charge < -0.3 is 10.6 Å². The molecule has 0 saturated carbocycles. The van der Waals surface area contributed by atoms with Crippen LogP contribution in [0.3, 0.4) is 0 Å². The fraction of sp³-hybridized carbons (Fsp3) is 0.667. The number of carbonyl (C=O) groups is 1. The van der Waals surface area contributed by atoms with Gasteiger partial charge in [0.1, 0.15) is 12.2 Å². The Morgan fingerprint density at radius 3 is 2.92 bits per heavy atom. The summed E-state index contributed by atoms with van der Waals surface area (Å²) < 4.78 is 3.48. The third-order valence-corrected chi connectivity index (χ3v) is 4.31. The van der Waals surface area contributed by atoms with Gasteiger partial charge in [-0.2, -0.15) is 5.10 Å². The molecule has 0 spiro atoms. The van der Waals surface area contributed by atoms with E-state index in [1.54, 1.807) is 15.6 Å². The van der Waals surface area contributed by atoms with Gasteiger partial charge >= 0.3 is 0 Å². The Hall–Kier alpha value is -2.33. The molecule has 1 aliphatic heterocycles. The quantitative estimate of drug-likeness (QED) is 0.681. The van der Waals surface area contributed by atoms with Crippen LogP contribution in [0, 0.1) is 0 Å². The van der Waals surface area contributed by atoms with Gasteiger partial charge in [-0.1, -0.05) is 5.21 Å². The molecule has 1 unspecified atom stereocenters. The van der Waals surface area contributed by atoms with Crippen LogP contribution in [-0.4, -0.2) is 73.3 Å². The van der Waals surface area contributed by atoms with Crippen LogP contribution in [0.25, 0.3) is 0 Å². The van der Waals surface area contributed by atoms with E-state index in [0.29, 0.717) is 12.2 Å². The van der Waals surface area contributed by atoms with Crippen molar-refractivity contribution in [3.63, 3.8) is 0 Å². The van der Waals surface area contributed by atoms with Crippen molar-refractivity contribution in [2.45, 2.75) is 33.0 Å². The second-order valence-electron chi connectivity index (χ2n) is 6.09. The second-order valence-corrected chi connectivity index (χ2v) is 6.09. The van der Waals surface area contributed by atoms with Crippen LogP contribution in [0.2, 0.25) is 0 Å². The molecule has 10 heteroatoms. The van der Waals surface area contributed by atoms with Crippen molar-refractivity contribution < 1.29 is 4.79 Å². The summed E-state index contributed by atoms with van der Waals surface area (Å²) >= 11 is 0. The lowest BCUT2D eigenvalue weighted by molar-refractivity contribution is 0.0932. The number of aryl methyl sites for hydroxylation is 1. The molecule has 10 nitrogen and oxygen atoms in total. The Kier molecular flexibility index (Phi) is 5.71. The van der Waals surface area contributed by atoms with E-state index in [1.807, 2.05) is 13.8 Å². The molecule has 0 aromatic carbocycles. The van der Waals surface area contributed by atoms with Crippen molar-refractivity contribution in [1.82, 2.24) is 45.3 Å². The van der Waals surface area contributed by atoms with Crippen molar-refractivity contribution in [3.05, 3.63) is 24.0 Å². The van der Waals surface area contributed by atoms with Gasteiger partial charge in [0.25, 0.3) is 5.91 Å². The molecule has 2 aromatic rings. The minimum atomic E-state index is -0.258. The Morgan fingerprint density at radius 1 is 1.36 bits per heavy atom. The zero-order chi connectivity index (χ0) is 17.6. The topological polar surface area (TPSA) is 106 Å². The van der Waals surface area contributed by atoms with Gasteiger partial charge in [-0.25, -0.2) is 9.67 Å². The van der Waals surface area contributed by atoms with E-state index in [0.717, 1.165) is 45.1 Å². The van der Waals surface area contributed by atoms with Crippen molar-refractivity contribution in [2.75, 3.05) is 32.7 Å². The summed E-state index contributed by atoms with van der Waals surface area (Å²) in [5, 5.41) is 18.4. The molecule has 136 valence electrons. The number of piperazine rings is 1. The van der Waals surface area contributed by atoms with E-state index < -0.39 is 0 Å². The van der Waals surface area contributed by atoms with Gasteiger partial charge in [-0.15, -0.1) is 5.10 Å². The molecule has 1 amide bonds. The summed E-state index contributed by atoms with van der Waals surface area (Å²) in [5.41, 5.74) is 0.315. The molecule has 1 fully saturated rings. The monoisotopic (exact) mass is 347 g/mol.